The second-order valence-electron chi connectivity index (χ2n) is 4.41. The van der Waals surface area contributed by atoms with Crippen molar-refractivity contribution in [2.24, 2.45) is 0 Å². The number of carboxylic acid groups (broad SMARTS) is 1. The number of anilines is 1. The molecule has 1 rings (SSSR count). The van der Waals surface area contributed by atoms with Crippen LogP contribution in [0.5, 0.6) is 0 Å². The molecule has 0 spiro atoms. The van der Waals surface area contributed by atoms with Crippen molar-refractivity contribution in [3.05, 3.63) is 42.5 Å². The van der Waals surface area contributed by atoms with E-state index in [1.165, 1.54) is 6.08 Å². The number of carboxylic acids is 1. The first-order valence-electron chi connectivity index (χ1n) is 6.56. The number of amides is 2. The van der Waals surface area contributed by atoms with Gasteiger partial charge in [0.25, 0.3) is 0 Å². The SMILES string of the molecule is C=CCC(NC(=O)Nc1ccccc1CCOC)C(=O)O. The van der Waals surface area contributed by atoms with Gasteiger partial charge in [-0.15, -0.1) is 6.58 Å². The van der Waals surface area contributed by atoms with Crippen LogP contribution in [0.4, 0.5) is 10.5 Å². The molecule has 0 fully saturated rings. The zero-order chi connectivity index (χ0) is 15.7. The number of nitrogens with one attached hydrogen (secondary N) is 2. The number of para-hydroxylation sites is 1. The lowest BCUT2D eigenvalue weighted by atomic mass is 10.1. The molecule has 0 aliphatic carbocycles. The van der Waals surface area contributed by atoms with Crippen molar-refractivity contribution in [1.82, 2.24) is 5.32 Å². The quantitative estimate of drug-likeness (QED) is 0.640. The van der Waals surface area contributed by atoms with E-state index in [2.05, 4.69) is 17.2 Å². The number of methoxy groups -OCH3 is 1. The van der Waals surface area contributed by atoms with Gasteiger partial charge >= 0.3 is 12.0 Å². The third-order valence-electron chi connectivity index (χ3n) is 2.85. The number of hydrogen-bond acceptors (Lipinski definition) is 3. The van der Waals surface area contributed by atoms with Gasteiger partial charge in [-0.25, -0.2) is 9.59 Å². The molecule has 0 radical (unpaired) electrons. The molecule has 21 heavy (non-hydrogen) atoms. The highest BCUT2D eigenvalue weighted by molar-refractivity contribution is 5.92. The fraction of sp³-hybridized carbons (Fsp3) is 0.333. The summed E-state index contributed by atoms with van der Waals surface area (Å²) in [5.74, 6) is -1.10. The summed E-state index contributed by atoms with van der Waals surface area (Å²) in [7, 11) is 1.61. The minimum atomic E-state index is -1.10. The zero-order valence-electron chi connectivity index (χ0n) is 12.0. The van der Waals surface area contributed by atoms with Crippen LogP contribution < -0.4 is 10.6 Å². The smallest absolute Gasteiger partial charge is 0.326 e. The van der Waals surface area contributed by atoms with E-state index in [1.807, 2.05) is 12.1 Å². The highest BCUT2D eigenvalue weighted by Gasteiger charge is 2.18. The normalized spacial score (nSPS) is 11.5. The van der Waals surface area contributed by atoms with Gasteiger partial charge in [-0.2, -0.15) is 0 Å². The molecule has 0 aliphatic heterocycles. The topological polar surface area (TPSA) is 87.7 Å². The summed E-state index contributed by atoms with van der Waals surface area (Å²) in [6, 6.07) is 5.75. The van der Waals surface area contributed by atoms with Gasteiger partial charge in [0.05, 0.1) is 6.61 Å². The van der Waals surface area contributed by atoms with Gasteiger partial charge < -0.3 is 20.5 Å². The highest BCUT2D eigenvalue weighted by atomic mass is 16.5. The number of hydrogen-bond donors (Lipinski definition) is 3. The lowest BCUT2D eigenvalue weighted by Crippen LogP contribution is -2.42. The van der Waals surface area contributed by atoms with E-state index in [-0.39, 0.29) is 6.42 Å². The van der Waals surface area contributed by atoms with Crippen LogP contribution in [0, 0.1) is 0 Å². The Kier molecular flexibility index (Phi) is 6.97. The van der Waals surface area contributed by atoms with Gasteiger partial charge in [0, 0.05) is 12.8 Å². The van der Waals surface area contributed by atoms with Gasteiger partial charge in [-0.3, -0.25) is 0 Å². The van der Waals surface area contributed by atoms with Gasteiger partial charge in [0.1, 0.15) is 6.04 Å². The number of carbonyl (C=O) groups excluding carboxylic acids is 1. The van der Waals surface area contributed by atoms with Crippen LogP contribution in [-0.4, -0.2) is 36.9 Å². The molecule has 6 nitrogen and oxygen atoms in total. The van der Waals surface area contributed by atoms with E-state index in [9.17, 15) is 9.59 Å². The van der Waals surface area contributed by atoms with Crippen molar-refractivity contribution in [2.75, 3.05) is 19.0 Å². The molecule has 1 aromatic carbocycles. The first-order valence-corrected chi connectivity index (χ1v) is 6.56. The largest absolute Gasteiger partial charge is 0.480 e. The van der Waals surface area contributed by atoms with E-state index in [0.29, 0.717) is 18.7 Å². The van der Waals surface area contributed by atoms with E-state index in [0.717, 1.165) is 5.56 Å². The molecule has 2 amide bonds. The van der Waals surface area contributed by atoms with Gasteiger partial charge in [0.15, 0.2) is 0 Å². The molecule has 0 saturated carbocycles. The number of carbonyl (C=O) groups is 2. The van der Waals surface area contributed by atoms with Crippen LogP contribution >= 0.6 is 0 Å². The van der Waals surface area contributed by atoms with Crippen molar-refractivity contribution < 1.29 is 19.4 Å². The molecule has 1 unspecified atom stereocenters. The van der Waals surface area contributed by atoms with Gasteiger partial charge in [-0.1, -0.05) is 24.3 Å². The highest BCUT2D eigenvalue weighted by Crippen LogP contribution is 2.15. The standard InChI is InChI=1S/C15H20N2O4/c1-3-6-13(14(18)19)17-15(20)16-12-8-5-4-7-11(12)9-10-21-2/h3-5,7-8,13H,1,6,9-10H2,2H3,(H,18,19)(H2,16,17,20). The Balaban J connectivity index is 2.69. The molecule has 1 aromatic rings. The lowest BCUT2D eigenvalue weighted by molar-refractivity contribution is -0.139. The minimum absolute atomic E-state index is 0.161. The summed E-state index contributed by atoms with van der Waals surface area (Å²) in [4.78, 5) is 22.9. The van der Waals surface area contributed by atoms with E-state index < -0.39 is 18.0 Å². The number of urea groups is 1. The van der Waals surface area contributed by atoms with Gasteiger partial charge in [-0.05, 0) is 24.5 Å². The second kappa shape index (κ2) is 8.76. The van der Waals surface area contributed by atoms with Crippen LogP contribution in [0.15, 0.2) is 36.9 Å². The van der Waals surface area contributed by atoms with Crippen molar-refractivity contribution in [1.29, 1.82) is 0 Å². The summed E-state index contributed by atoms with van der Waals surface area (Å²) < 4.78 is 5.02. The predicted octanol–water partition coefficient (Wildman–Crippen LogP) is 2.03. The van der Waals surface area contributed by atoms with Gasteiger partial charge in [0.2, 0.25) is 0 Å². The molecule has 0 aromatic heterocycles. The number of rotatable bonds is 8. The number of benzene rings is 1. The summed E-state index contributed by atoms with van der Waals surface area (Å²) in [6.07, 6.45) is 2.27. The first kappa shape index (κ1) is 16.7. The van der Waals surface area contributed by atoms with Crippen molar-refractivity contribution in [3.8, 4) is 0 Å². The Hall–Kier alpha value is -2.34. The van der Waals surface area contributed by atoms with Crippen molar-refractivity contribution in [3.63, 3.8) is 0 Å². The molecular weight excluding hydrogens is 272 g/mol. The molecule has 0 saturated heterocycles. The Morgan fingerprint density at radius 3 is 2.76 bits per heavy atom. The summed E-state index contributed by atoms with van der Waals surface area (Å²) >= 11 is 0. The molecule has 0 aliphatic rings. The monoisotopic (exact) mass is 292 g/mol. The maximum Gasteiger partial charge on any atom is 0.326 e. The fourth-order valence-corrected chi connectivity index (χ4v) is 1.78. The maximum atomic E-state index is 11.9. The second-order valence-corrected chi connectivity index (χ2v) is 4.41. The van der Waals surface area contributed by atoms with Crippen LogP contribution in [0.3, 0.4) is 0 Å². The molecular formula is C15H20N2O4. The van der Waals surface area contributed by atoms with Crippen LogP contribution in [0.1, 0.15) is 12.0 Å². The van der Waals surface area contributed by atoms with E-state index >= 15 is 0 Å². The van der Waals surface area contributed by atoms with Crippen LogP contribution in [0.2, 0.25) is 0 Å². The lowest BCUT2D eigenvalue weighted by Gasteiger charge is -2.15. The molecule has 0 heterocycles. The zero-order valence-corrected chi connectivity index (χ0v) is 12.0. The Labute approximate surface area is 123 Å². The summed E-state index contributed by atoms with van der Waals surface area (Å²) in [6.45, 7) is 4.01. The molecule has 3 N–H and O–H groups in total. The first-order chi connectivity index (χ1) is 10.1. The summed E-state index contributed by atoms with van der Waals surface area (Å²) in [5, 5.41) is 14.0. The average molecular weight is 292 g/mol. The van der Waals surface area contributed by atoms with Crippen molar-refractivity contribution in [2.45, 2.75) is 18.9 Å². The Morgan fingerprint density at radius 2 is 2.14 bits per heavy atom. The molecule has 0 bridgehead atoms. The minimum Gasteiger partial charge on any atom is -0.480 e. The molecule has 6 heteroatoms. The van der Waals surface area contributed by atoms with E-state index in [1.54, 1.807) is 19.2 Å². The predicted molar refractivity (Wildman–Crippen MR) is 80.4 cm³/mol. The third kappa shape index (κ3) is 5.66. The van der Waals surface area contributed by atoms with E-state index in [4.69, 9.17) is 9.84 Å². The Bertz CT molecular complexity index is 502. The molecule has 1 atom stereocenters. The number of ether oxygens (including phenoxy) is 1. The third-order valence-corrected chi connectivity index (χ3v) is 2.85. The van der Waals surface area contributed by atoms with Crippen LogP contribution in [-0.2, 0) is 16.0 Å². The Morgan fingerprint density at radius 1 is 1.43 bits per heavy atom. The van der Waals surface area contributed by atoms with Crippen molar-refractivity contribution >= 4 is 17.7 Å². The maximum absolute atomic E-state index is 11.9. The fourth-order valence-electron chi connectivity index (χ4n) is 1.78. The summed E-state index contributed by atoms with van der Waals surface area (Å²) in [5.41, 5.74) is 1.56. The number of aliphatic carboxylic acids is 1. The average Bonchev–Trinajstić information content (AvgIpc) is 2.45. The molecule has 114 valence electrons. The van der Waals surface area contributed by atoms with Crippen LogP contribution in [0.25, 0.3) is 0 Å².